The fourth-order valence-electron chi connectivity index (χ4n) is 1.45. The molecular formula is C10H12BrN3O2. The van der Waals surface area contributed by atoms with Crippen LogP contribution >= 0.6 is 15.9 Å². The highest BCUT2D eigenvalue weighted by molar-refractivity contribution is 9.10. The zero-order chi connectivity index (χ0) is 11.4. The molecule has 0 aromatic carbocycles. The Balaban J connectivity index is 1.75. The highest BCUT2D eigenvalue weighted by Gasteiger charge is 2.18. The van der Waals surface area contributed by atoms with Crippen LogP contribution in [0.25, 0.3) is 0 Å². The summed E-state index contributed by atoms with van der Waals surface area (Å²) >= 11 is 3.25. The summed E-state index contributed by atoms with van der Waals surface area (Å²) in [5, 5.41) is 2.74. The first-order valence-electron chi connectivity index (χ1n) is 5.03. The molecule has 0 unspecified atom stereocenters. The number of pyridine rings is 1. The van der Waals surface area contributed by atoms with Gasteiger partial charge in [-0.2, -0.15) is 0 Å². The Hall–Kier alpha value is -1.30. The maximum atomic E-state index is 11.2. The molecule has 2 rings (SSSR count). The van der Waals surface area contributed by atoms with E-state index < -0.39 is 0 Å². The topological polar surface area (TPSA) is 54.5 Å². The Morgan fingerprint density at radius 1 is 1.56 bits per heavy atom. The quantitative estimate of drug-likeness (QED) is 0.847. The van der Waals surface area contributed by atoms with Crippen molar-refractivity contribution in [3.05, 3.63) is 22.9 Å². The van der Waals surface area contributed by atoms with Gasteiger partial charge >= 0.3 is 6.03 Å². The van der Waals surface area contributed by atoms with E-state index in [9.17, 15) is 4.79 Å². The second-order valence-electron chi connectivity index (χ2n) is 3.38. The summed E-state index contributed by atoms with van der Waals surface area (Å²) in [7, 11) is 0. The van der Waals surface area contributed by atoms with E-state index in [-0.39, 0.29) is 6.03 Å². The van der Waals surface area contributed by atoms with Crippen molar-refractivity contribution in [3.8, 4) is 5.75 Å². The summed E-state index contributed by atoms with van der Waals surface area (Å²) in [5.41, 5.74) is 0. The van der Waals surface area contributed by atoms with Gasteiger partial charge in [-0.3, -0.25) is 0 Å². The molecule has 0 bridgehead atoms. The van der Waals surface area contributed by atoms with Crippen molar-refractivity contribution in [1.29, 1.82) is 0 Å². The van der Waals surface area contributed by atoms with Gasteiger partial charge in [-0.15, -0.1) is 0 Å². The van der Waals surface area contributed by atoms with E-state index in [1.54, 1.807) is 11.1 Å². The SMILES string of the molecule is O=C1NCCN1CCOc1ccc(Br)nc1. The molecule has 0 atom stereocenters. The molecule has 1 N–H and O–H groups in total. The molecule has 0 aliphatic carbocycles. The number of amides is 2. The van der Waals surface area contributed by atoms with Crippen molar-refractivity contribution in [1.82, 2.24) is 15.2 Å². The third-order valence-electron chi connectivity index (χ3n) is 2.28. The largest absolute Gasteiger partial charge is 0.490 e. The lowest BCUT2D eigenvalue weighted by Gasteiger charge is -2.14. The van der Waals surface area contributed by atoms with Gasteiger partial charge in [0.2, 0.25) is 0 Å². The molecule has 2 heterocycles. The number of carbonyl (C=O) groups excluding carboxylic acids is 1. The van der Waals surface area contributed by atoms with Crippen LogP contribution in [0.5, 0.6) is 5.75 Å². The van der Waals surface area contributed by atoms with Gasteiger partial charge in [-0.1, -0.05) is 0 Å². The first-order chi connectivity index (χ1) is 7.75. The molecular weight excluding hydrogens is 274 g/mol. The number of rotatable bonds is 4. The van der Waals surface area contributed by atoms with E-state index in [1.165, 1.54) is 0 Å². The van der Waals surface area contributed by atoms with Crippen LogP contribution in [-0.2, 0) is 0 Å². The number of urea groups is 1. The van der Waals surface area contributed by atoms with Gasteiger partial charge in [0.1, 0.15) is 17.0 Å². The predicted molar refractivity (Wildman–Crippen MR) is 62.4 cm³/mol. The van der Waals surface area contributed by atoms with Crippen molar-refractivity contribution in [2.45, 2.75) is 0 Å². The molecule has 2 amide bonds. The third-order valence-corrected chi connectivity index (χ3v) is 2.74. The number of nitrogens with zero attached hydrogens (tertiary/aromatic N) is 2. The number of aromatic nitrogens is 1. The smallest absolute Gasteiger partial charge is 0.317 e. The highest BCUT2D eigenvalue weighted by Crippen LogP contribution is 2.12. The molecule has 1 aromatic heterocycles. The van der Waals surface area contributed by atoms with Crippen molar-refractivity contribution < 1.29 is 9.53 Å². The van der Waals surface area contributed by atoms with Crippen molar-refractivity contribution in [2.75, 3.05) is 26.2 Å². The second-order valence-corrected chi connectivity index (χ2v) is 4.20. The van der Waals surface area contributed by atoms with Gasteiger partial charge < -0.3 is 15.0 Å². The van der Waals surface area contributed by atoms with E-state index in [2.05, 4.69) is 26.2 Å². The lowest BCUT2D eigenvalue weighted by Crippen LogP contribution is -2.31. The first kappa shape index (κ1) is 11.2. The van der Waals surface area contributed by atoms with Crippen molar-refractivity contribution >= 4 is 22.0 Å². The summed E-state index contributed by atoms with van der Waals surface area (Å²) < 4.78 is 6.24. The molecule has 16 heavy (non-hydrogen) atoms. The summed E-state index contributed by atoms with van der Waals surface area (Å²) in [4.78, 5) is 17.0. The standard InChI is InChI=1S/C10H12BrN3O2/c11-9-2-1-8(7-13-9)16-6-5-14-4-3-12-10(14)15/h1-2,7H,3-6H2,(H,12,15). The third kappa shape index (κ3) is 2.85. The molecule has 1 saturated heterocycles. The van der Waals surface area contributed by atoms with Crippen LogP contribution < -0.4 is 10.1 Å². The molecule has 86 valence electrons. The van der Waals surface area contributed by atoms with Crippen LogP contribution in [0.4, 0.5) is 4.79 Å². The second kappa shape index (κ2) is 5.16. The average molecular weight is 286 g/mol. The lowest BCUT2D eigenvalue weighted by atomic mass is 10.4. The van der Waals surface area contributed by atoms with Gasteiger partial charge in [-0.25, -0.2) is 9.78 Å². The maximum Gasteiger partial charge on any atom is 0.317 e. The number of hydrogen-bond acceptors (Lipinski definition) is 3. The minimum Gasteiger partial charge on any atom is -0.490 e. The van der Waals surface area contributed by atoms with E-state index in [4.69, 9.17) is 4.74 Å². The van der Waals surface area contributed by atoms with Crippen LogP contribution in [0.3, 0.4) is 0 Å². The minimum absolute atomic E-state index is 0.0162. The number of halogens is 1. The van der Waals surface area contributed by atoms with Crippen LogP contribution in [-0.4, -0.2) is 42.2 Å². The zero-order valence-corrected chi connectivity index (χ0v) is 10.2. The van der Waals surface area contributed by atoms with Gasteiger partial charge in [0, 0.05) is 13.1 Å². The highest BCUT2D eigenvalue weighted by atomic mass is 79.9. The molecule has 6 heteroatoms. The van der Waals surface area contributed by atoms with Crippen LogP contribution in [0, 0.1) is 0 Å². The Morgan fingerprint density at radius 2 is 2.44 bits per heavy atom. The maximum absolute atomic E-state index is 11.2. The van der Waals surface area contributed by atoms with Crippen molar-refractivity contribution in [3.63, 3.8) is 0 Å². The van der Waals surface area contributed by atoms with Gasteiger partial charge in [0.05, 0.1) is 12.7 Å². The van der Waals surface area contributed by atoms with E-state index >= 15 is 0 Å². The van der Waals surface area contributed by atoms with Crippen molar-refractivity contribution in [2.24, 2.45) is 0 Å². The molecule has 0 saturated carbocycles. The number of ether oxygens (including phenoxy) is 1. The zero-order valence-electron chi connectivity index (χ0n) is 8.65. The molecule has 0 spiro atoms. The Bertz CT molecular complexity index is 369. The number of hydrogen-bond donors (Lipinski definition) is 1. The molecule has 1 fully saturated rings. The summed E-state index contributed by atoms with van der Waals surface area (Å²) in [6, 6.07) is 3.64. The molecule has 1 aromatic rings. The molecule has 0 radical (unpaired) electrons. The lowest BCUT2D eigenvalue weighted by molar-refractivity contribution is 0.202. The predicted octanol–water partition coefficient (Wildman–Crippen LogP) is 1.25. The number of carbonyl (C=O) groups is 1. The normalized spacial score (nSPS) is 15.1. The van der Waals surface area contributed by atoms with Gasteiger partial charge in [0.25, 0.3) is 0 Å². The Kier molecular flexibility index (Phi) is 3.61. The van der Waals surface area contributed by atoms with Crippen LogP contribution in [0.15, 0.2) is 22.9 Å². The summed E-state index contributed by atoms with van der Waals surface area (Å²) in [6.45, 7) is 2.55. The summed E-state index contributed by atoms with van der Waals surface area (Å²) in [5.74, 6) is 0.711. The number of nitrogens with one attached hydrogen (secondary N) is 1. The van der Waals surface area contributed by atoms with E-state index in [1.807, 2.05) is 12.1 Å². The molecule has 1 aliphatic heterocycles. The summed E-state index contributed by atoms with van der Waals surface area (Å²) in [6.07, 6.45) is 1.65. The molecule has 5 nitrogen and oxygen atoms in total. The fourth-order valence-corrected chi connectivity index (χ4v) is 1.68. The minimum atomic E-state index is -0.0162. The van der Waals surface area contributed by atoms with Gasteiger partial charge in [-0.05, 0) is 28.1 Å². The Morgan fingerprint density at radius 3 is 3.06 bits per heavy atom. The van der Waals surface area contributed by atoms with E-state index in [0.29, 0.717) is 18.9 Å². The molecule has 1 aliphatic rings. The van der Waals surface area contributed by atoms with E-state index in [0.717, 1.165) is 17.7 Å². The fraction of sp³-hybridized carbons (Fsp3) is 0.400. The Labute approximate surface area is 102 Å². The van der Waals surface area contributed by atoms with Gasteiger partial charge in [0.15, 0.2) is 0 Å². The van der Waals surface area contributed by atoms with Crippen LogP contribution in [0.2, 0.25) is 0 Å². The average Bonchev–Trinajstić information content (AvgIpc) is 2.68. The monoisotopic (exact) mass is 285 g/mol. The van der Waals surface area contributed by atoms with Crippen LogP contribution in [0.1, 0.15) is 0 Å². The first-order valence-corrected chi connectivity index (χ1v) is 5.82.